The quantitative estimate of drug-likeness (QED) is 0.754. The third-order valence-electron chi connectivity index (χ3n) is 3.74. The Bertz CT molecular complexity index is 939. The number of halogens is 1. The first-order valence-electron chi connectivity index (χ1n) is 7.61. The van der Waals surface area contributed by atoms with Crippen LogP contribution in [0.3, 0.4) is 0 Å². The first-order valence-corrected chi connectivity index (χ1v) is 7.99. The zero-order valence-corrected chi connectivity index (χ0v) is 14.1. The van der Waals surface area contributed by atoms with Crippen LogP contribution in [0.25, 0.3) is 11.3 Å². The van der Waals surface area contributed by atoms with Gasteiger partial charge in [-0.3, -0.25) is 14.6 Å². The molecular formula is C18H15ClN4O2. The van der Waals surface area contributed by atoms with Crippen molar-refractivity contribution in [2.24, 2.45) is 0 Å². The maximum absolute atomic E-state index is 12.5. The second kappa shape index (κ2) is 7.27. The Labute approximate surface area is 148 Å². The van der Waals surface area contributed by atoms with Crippen molar-refractivity contribution in [1.29, 1.82) is 0 Å². The summed E-state index contributed by atoms with van der Waals surface area (Å²) >= 11 is 5.87. The van der Waals surface area contributed by atoms with E-state index in [2.05, 4.69) is 20.5 Å². The van der Waals surface area contributed by atoms with Gasteiger partial charge in [0.25, 0.3) is 11.5 Å². The lowest BCUT2D eigenvalue weighted by atomic mass is 10.1. The average molecular weight is 355 g/mol. The molecule has 1 amide bonds. The molecule has 0 fully saturated rings. The number of aromatic nitrogens is 3. The summed E-state index contributed by atoms with van der Waals surface area (Å²) in [7, 11) is 0. The fourth-order valence-electron chi connectivity index (χ4n) is 2.35. The van der Waals surface area contributed by atoms with Crippen molar-refractivity contribution >= 4 is 17.5 Å². The molecule has 0 saturated carbocycles. The summed E-state index contributed by atoms with van der Waals surface area (Å²) < 4.78 is 0. The van der Waals surface area contributed by atoms with Gasteiger partial charge in [0.05, 0.1) is 11.7 Å². The predicted molar refractivity (Wildman–Crippen MR) is 95.4 cm³/mol. The van der Waals surface area contributed by atoms with Gasteiger partial charge < -0.3 is 5.32 Å². The average Bonchev–Trinajstić information content (AvgIpc) is 2.63. The van der Waals surface area contributed by atoms with Crippen LogP contribution in [-0.4, -0.2) is 21.1 Å². The van der Waals surface area contributed by atoms with Crippen LogP contribution in [0.1, 0.15) is 28.9 Å². The summed E-state index contributed by atoms with van der Waals surface area (Å²) in [4.78, 5) is 28.4. The Hall–Kier alpha value is -2.99. The molecule has 126 valence electrons. The molecule has 7 heteroatoms. The van der Waals surface area contributed by atoms with Crippen molar-refractivity contribution in [2.75, 3.05) is 0 Å². The zero-order chi connectivity index (χ0) is 17.8. The van der Waals surface area contributed by atoms with Gasteiger partial charge in [0.2, 0.25) is 0 Å². The van der Waals surface area contributed by atoms with E-state index >= 15 is 0 Å². The number of carbonyl (C=O) groups excluding carboxylic acids is 1. The van der Waals surface area contributed by atoms with E-state index in [0.717, 1.165) is 11.1 Å². The smallest absolute Gasteiger partial charge is 0.277 e. The van der Waals surface area contributed by atoms with E-state index in [4.69, 9.17) is 11.6 Å². The normalized spacial score (nSPS) is 11.8. The van der Waals surface area contributed by atoms with Crippen LogP contribution in [0.2, 0.25) is 5.02 Å². The van der Waals surface area contributed by atoms with Crippen molar-refractivity contribution in [1.82, 2.24) is 20.5 Å². The molecule has 3 aromatic rings. The van der Waals surface area contributed by atoms with Crippen LogP contribution in [0.15, 0.2) is 59.7 Å². The summed E-state index contributed by atoms with van der Waals surface area (Å²) in [5.74, 6) is -0.471. The van der Waals surface area contributed by atoms with Gasteiger partial charge in [-0.25, -0.2) is 5.10 Å². The number of benzene rings is 1. The molecule has 6 nitrogen and oxygen atoms in total. The number of amides is 1. The summed E-state index contributed by atoms with van der Waals surface area (Å²) in [6.07, 6.45) is 3.23. The molecule has 0 aliphatic carbocycles. The lowest BCUT2D eigenvalue weighted by molar-refractivity contribution is 0.0938. The Balaban J connectivity index is 1.84. The minimum atomic E-state index is -0.543. The van der Waals surface area contributed by atoms with Gasteiger partial charge in [-0.2, -0.15) is 5.10 Å². The number of carbonyl (C=O) groups is 1. The Kier molecular flexibility index (Phi) is 4.90. The number of pyridine rings is 1. The molecule has 2 N–H and O–H groups in total. The van der Waals surface area contributed by atoms with Crippen molar-refractivity contribution in [3.63, 3.8) is 0 Å². The van der Waals surface area contributed by atoms with Crippen LogP contribution < -0.4 is 10.9 Å². The molecule has 2 heterocycles. The van der Waals surface area contributed by atoms with Crippen LogP contribution in [-0.2, 0) is 0 Å². The predicted octanol–water partition coefficient (Wildman–Crippen LogP) is 2.98. The maximum atomic E-state index is 12.5. The molecule has 0 bridgehead atoms. The van der Waals surface area contributed by atoms with Crippen LogP contribution in [0, 0.1) is 0 Å². The van der Waals surface area contributed by atoms with Gasteiger partial charge in [-0.1, -0.05) is 23.7 Å². The van der Waals surface area contributed by atoms with Gasteiger partial charge in [-0.05, 0) is 42.8 Å². The zero-order valence-electron chi connectivity index (χ0n) is 13.4. The van der Waals surface area contributed by atoms with E-state index < -0.39 is 11.5 Å². The molecule has 0 saturated heterocycles. The lowest BCUT2D eigenvalue weighted by Gasteiger charge is -2.14. The standard InChI is InChI=1S/C18H15ClN4O2/c1-11(12-2-4-14(19)5-3-12)21-17(24)15-10-16(22-23-18(15)25)13-6-8-20-9-7-13/h2-11H,1H3,(H,21,24)(H,23,25)/t11-/m0/s1. The van der Waals surface area contributed by atoms with Crippen LogP contribution in [0.5, 0.6) is 0 Å². The topological polar surface area (TPSA) is 87.7 Å². The molecule has 0 unspecified atom stereocenters. The van der Waals surface area contributed by atoms with Crippen LogP contribution >= 0.6 is 11.6 Å². The van der Waals surface area contributed by atoms with Gasteiger partial charge >= 0.3 is 0 Å². The largest absolute Gasteiger partial charge is 0.345 e. The molecule has 2 aromatic heterocycles. The number of H-pyrrole nitrogens is 1. The molecule has 25 heavy (non-hydrogen) atoms. The SMILES string of the molecule is C[C@H](NC(=O)c1cc(-c2ccncc2)n[nH]c1=O)c1ccc(Cl)cc1. The van der Waals surface area contributed by atoms with Crippen molar-refractivity contribution in [3.05, 3.63) is 81.4 Å². The molecule has 1 aromatic carbocycles. The molecular weight excluding hydrogens is 340 g/mol. The number of rotatable bonds is 4. The third kappa shape index (κ3) is 3.92. The number of hydrogen-bond acceptors (Lipinski definition) is 4. The van der Waals surface area contributed by atoms with E-state index in [1.165, 1.54) is 6.07 Å². The van der Waals surface area contributed by atoms with Gasteiger partial charge in [-0.15, -0.1) is 0 Å². The molecule has 3 rings (SSSR count). The highest BCUT2D eigenvalue weighted by molar-refractivity contribution is 6.30. The second-order valence-corrected chi connectivity index (χ2v) is 5.92. The van der Waals surface area contributed by atoms with E-state index in [-0.39, 0.29) is 11.6 Å². The van der Waals surface area contributed by atoms with Gasteiger partial charge in [0, 0.05) is 23.0 Å². The van der Waals surface area contributed by atoms with Crippen molar-refractivity contribution in [3.8, 4) is 11.3 Å². The van der Waals surface area contributed by atoms with Gasteiger partial charge in [0.15, 0.2) is 0 Å². The highest BCUT2D eigenvalue weighted by Crippen LogP contribution is 2.17. The fraction of sp³-hybridized carbons (Fsp3) is 0.111. The van der Waals surface area contributed by atoms with Gasteiger partial charge in [0.1, 0.15) is 5.56 Å². The maximum Gasteiger partial charge on any atom is 0.277 e. The lowest BCUT2D eigenvalue weighted by Crippen LogP contribution is -2.32. The van der Waals surface area contributed by atoms with Crippen LogP contribution in [0.4, 0.5) is 0 Å². The Morgan fingerprint density at radius 3 is 2.52 bits per heavy atom. The summed E-state index contributed by atoms with van der Waals surface area (Å²) in [5, 5.41) is 9.77. The highest BCUT2D eigenvalue weighted by Gasteiger charge is 2.16. The minimum absolute atomic E-state index is 0.00243. The number of aromatic amines is 1. The molecule has 0 aliphatic heterocycles. The first-order chi connectivity index (χ1) is 12.0. The van der Waals surface area contributed by atoms with E-state index in [1.807, 2.05) is 19.1 Å². The molecule has 0 radical (unpaired) electrons. The van der Waals surface area contributed by atoms with Crippen molar-refractivity contribution in [2.45, 2.75) is 13.0 Å². The van der Waals surface area contributed by atoms with E-state index in [9.17, 15) is 9.59 Å². The number of hydrogen-bond donors (Lipinski definition) is 2. The minimum Gasteiger partial charge on any atom is -0.345 e. The fourth-order valence-corrected chi connectivity index (χ4v) is 2.48. The third-order valence-corrected chi connectivity index (χ3v) is 3.99. The van der Waals surface area contributed by atoms with Crippen molar-refractivity contribution < 1.29 is 4.79 Å². The highest BCUT2D eigenvalue weighted by atomic mass is 35.5. The second-order valence-electron chi connectivity index (χ2n) is 5.48. The molecule has 1 atom stereocenters. The Morgan fingerprint density at radius 2 is 1.84 bits per heavy atom. The monoisotopic (exact) mass is 354 g/mol. The van der Waals surface area contributed by atoms with E-state index in [1.54, 1.807) is 36.7 Å². The summed E-state index contributed by atoms with van der Waals surface area (Å²) in [6.45, 7) is 1.83. The summed E-state index contributed by atoms with van der Waals surface area (Å²) in [5.41, 5.74) is 1.59. The summed E-state index contributed by atoms with van der Waals surface area (Å²) in [6, 6.07) is 11.8. The Morgan fingerprint density at radius 1 is 1.16 bits per heavy atom. The number of nitrogens with zero attached hydrogens (tertiary/aromatic N) is 2. The first kappa shape index (κ1) is 16.9. The van der Waals surface area contributed by atoms with E-state index in [0.29, 0.717) is 10.7 Å². The number of nitrogens with one attached hydrogen (secondary N) is 2. The molecule has 0 aliphatic rings. The molecule has 0 spiro atoms.